The van der Waals surface area contributed by atoms with Gasteiger partial charge in [-0.25, -0.2) is 0 Å². The molecule has 3 N–H and O–H groups in total. The number of nitrogen functional groups attached to an aromatic ring is 1. The van der Waals surface area contributed by atoms with Crippen LogP contribution in [0.1, 0.15) is 38.1 Å². The van der Waals surface area contributed by atoms with Gasteiger partial charge in [-0.3, -0.25) is 9.78 Å². The van der Waals surface area contributed by atoms with Crippen LogP contribution in [-0.2, 0) is 0 Å². The molecule has 1 fully saturated rings. The number of nitrogens with zero attached hydrogens (tertiary/aromatic N) is 1. The Labute approximate surface area is 102 Å². The predicted octanol–water partition coefficient (Wildman–Crippen LogP) is 1.83. The molecule has 0 unspecified atom stereocenters. The summed E-state index contributed by atoms with van der Waals surface area (Å²) in [5.41, 5.74) is 6.90. The minimum Gasteiger partial charge on any atom is -0.397 e. The van der Waals surface area contributed by atoms with Crippen LogP contribution in [0.5, 0.6) is 0 Å². The molecule has 1 aromatic rings. The molecule has 1 heterocycles. The van der Waals surface area contributed by atoms with E-state index in [0.717, 1.165) is 0 Å². The number of amides is 1. The maximum Gasteiger partial charge on any atom is 0.253 e. The molecule has 4 nitrogen and oxygen atoms in total. The number of carbonyl (C=O) groups excluding carboxylic acids is 1. The van der Waals surface area contributed by atoms with Crippen molar-refractivity contribution >= 4 is 11.6 Å². The molecule has 0 bridgehead atoms. The molecule has 1 aliphatic rings. The van der Waals surface area contributed by atoms with Crippen molar-refractivity contribution in [2.45, 2.75) is 33.7 Å². The number of anilines is 1. The maximum atomic E-state index is 12.1. The Balaban J connectivity index is 2.13. The van der Waals surface area contributed by atoms with Crippen LogP contribution in [0.2, 0.25) is 0 Å². The number of carbonyl (C=O) groups is 1. The van der Waals surface area contributed by atoms with Crippen LogP contribution in [0.15, 0.2) is 18.5 Å². The summed E-state index contributed by atoms with van der Waals surface area (Å²) in [6.45, 7) is 8.64. The summed E-state index contributed by atoms with van der Waals surface area (Å²) in [5.74, 6) is -0.117. The highest BCUT2D eigenvalue weighted by atomic mass is 16.1. The number of nitrogens with two attached hydrogens (primary N) is 1. The number of hydrogen-bond donors (Lipinski definition) is 2. The molecule has 0 saturated heterocycles. The first-order valence-corrected chi connectivity index (χ1v) is 5.79. The summed E-state index contributed by atoms with van der Waals surface area (Å²) < 4.78 is 0. The first-order chi connectivity index (χ1) is 7.78. The maximum absolute atomic E-state index is 12.1. The SMILES string of the molecule is CC1(C)C(NC(=O)c2ccncc2N)C1(C)C. The molecule has 1 aliphatic carbocycles. The molecule has 0 spiro atoms. The van der Waals surface area contributed by atoms with Crippen molar-refractivity contribution in [3.63, 3.8) is 0 Å². The number of nitrogens with one attached hydrogen (secondary N) is 1. The molecule has 92 valence electrons. The Kier molecular flexibility index (Phi) is 2.42. The lowest BCUT2D eigenvalue weighted by atomic mass is 10.0. The van der Waals surface area contributed by atoms with Crippen molar-refractivity contribution in [1.29, 1.82) is 0 Å². The first kappa shape index (κ1) is 11.9. The summed E-state index contributed by atoms with van der Waals surface area (Å²) in [5, 5.41) is 3.04. The monoisotopic (exact) mass is 233 g/mol. The van der Waals surface area contributed by atoms with Crippen LogP contribution in [0.4, 0.5) is 5.69 Å². The topological polar surface area (TPSA) is 68.0 Å². The van der Waals surface area contributed by atoms with Gasteiger partial charge in [0.2, 0.25) is 0 Å². The van der Waals surface area contributed by atoms with Crippen molar-refractivity contribution in [1.82, 2.24) is 10.3 Å². The molecule has 0 radical (unpaired) electrons. The minimum absolute atomic E-state index is 0.117. The number of hydrogen-bond acceptors (Lipinski definition) is 3. The van der Waals surface area contributed by atoms with E-state index in [1.807, 2.05) is 0 Å². The molecule has 17 heavy (non-hydrogen) atoms. The summed E-state index contributed by atoms with van der Waals surface area (Å²) in [4.78, 5) is 15.9. The zero-order valence-electron chi connectivity index (χ0n) is 10.7. The Morgan fingerprint density at radius 1 is 1.35 bits per heavy atom. The van der Waals surface area contributed by atoms with E-state index in [2.05, 4.69) is 38.0 Å². The van der Waals surface area contributed by atoms with Crippen molar-refractivity contribution < 1.29 is 4.79 Å². The van der Waals surface area contributed by atoms with Gasteiger partial charge in [0.05, 0.1) is 17.4 Å². The van der Waals surface area contributed by atoms with E-state index in [4.69, 9.17) is 5.73 Å². The Morgan fingerprint density at radius 2 is 1.94 bits per heavy atom. The average Bonchev–Trinajstić information content (AvgIpc) is 2.61. The molecule has 0 atom stereocenters. The fourth-order valence-electron chi connectivity index (χ4n) is 2.38. The Bertz CT molecular complexity index is 451. The smallest absolute Gasteiger partial charge is 0.253 e. The highest BCUT2D eigenvalue weighted by Crippen LogP contribution is 2.62. The van der Waals surface area contributed by atoms with Crippen LogP contribution < -0.4 is 11.1 Å². The van der Waals surface area contributed by atoms with E-state index in [1.54, 1.807) is 12.3 Å². The lowest BCUT2D eigenvalue weighted by Crippen LogP contribution is -2.30. The van der Waals surface area contributed by atoms with Gasteiger partial charge in [0, 0.05) is 12.2 Å². The highest BCUT2D eigenvalue weighted by Gasteiger charge is 2.65. The molecular weight excluding hydrogens is 214 g/mol. The molecule has 1 saturated carbocycles. The average molecular weight is 233 g/mol. The molecule has 0 aliphatic heterocycles. The quantitative estimate of drug-likeness (QED) is 0.818. The molecule has 1 aromatic heterocycles. The number of rotatable bonds is 2. The van der Waals surface area contributed by atoms with E-state index in [-0.39, 0.29) is 22.8 Å². The predicted molar refractivity (Wildman–Crippen MR) is 67.5 cm³/mol. The van der Waals surface area contributed by atoms with Gasteiger partial charge in [0.1, 0.15) is 0 Å². The van der Waals surface area contributed by atoms with Gasteiger partial charge in [-0.05, 0) is 16.9 Å². The third-order valence-electron chi connectivity index (χ3n) is 4.39. The van der Waals surface area contributed by atoms with E-state index in [1.165, 1.54) is 6.20 Å². The normalized spacial score (nSPS) is 20.9. The Hall–Kier alpha value is -1.58. The van der Waals surface area contributed by atoms with Crippen molar-refractivity contribution in [3.8, 4) is 0 Å². The third kappa shape index (κ3) is 1.68. The van der Waals surface area contributed by atoms with Gasteiger partial charge in [0.15, 0.2) is 0 Å². The summed E-state index contributed by atoms with van der Waals surface area (Å²) >= 11 is 0. The largest absolute Gasteiger partial charge is 0.397 e. The second kappa shape index (κ2) is 3.45. The van der Waals surface area contributed by atoms with Crippen LogP contribution >= 0.6 is 0 Å². The second-order valence-electron chi connectivity index (χ2n) is 5.81. The molecule has 2 rings (SSSR count). The van der Waals surface area contributed by atoms with Gasteiger partial charge in [-0.2, -0.15) is 0 Å². The van der Waals surface area contributed by atoms with Gasteiger partial charge in [-0.1, -0.05) is 27.7 Å². The number of aromatic nitrogens is 1. The zero-order chi connectivity index (χ0) is 12.8. The fraction of sp³-hybridized carbons (Fsp3) is 0.538. The molecule has 1 amide bonds. The second-order valence-corrected chi connectivity index (χ2v) is 5.81. The van der Waals surface area contributed by atoms with Gasteiger partial charge < -0.3 is 11.1 Å². The van der Waals surface area contributed by atoms with Gasteiger partial charge in [-0.15, -0.1) is 0 Å². The fourth-order valence-corrected chi connectivity index (χ4v) is 2.38. The zero-order valence-corrected chi connectivity index (χ0v) is 10.7. The van der Waals surface area contributed by atoms with Gasteiger partial charge >= 0.3 is 0 Å². The van der Waals surface area contributed by atoms with E-state index in [0.29, 0.717) is 11.3 Å². The van der Waals surface area contributed by atoms with Crippen LogP contribution in [0, 0.1) is 10.8 Å². The minimum atomic E-state index is -0.117. The van der Waals surface area contributed by atoms with E-state index >= 15 is 0 Å². The summed E-state index contributed by atoms with van der Waals surface area (Å²) in [6.07, 6.45) is 3.08. The number of pyridine rings is 1. The summed E-state index contributed by atoms with van der Waals surface area (Å²) in [6, 6.07) is 1.84. The lowest BCUT2D eigenvalue weighted by molar-refractivity contribution is 0.0944. The summed E-state index contributed by atoms with van der Waals surface area (Å²) in [7, 11) is 0. The van der Waals surface area contributed by atoms with E-state index in [9.17, 15) is 4.79 Å². The van der Waals surface area contributed by atoms with Crippen molar-refractivity contribution in [2.75, 3.05) is 5.73 Å². The van der Waals surface area contributed by atoms with Gasteiger partial charge in [0.25, 0.3) is 5.91 Å². The van der Waals surface area contributed by atoms with Crippen LogP contribution in [0.25, 0.3) is 0 Å². The van der Waals surface area contributed by atoms with Crippen LogP contribution in [-0.4, -0.2) is 16.9 Å². The highest BCUT2D eigenvalue weighted by molar-refractivity contribution is 5.99. The molecular formula is C13H19N3O. The standard InChI is InChI=1S/C13H19N3O/c1-12(2)11(13(12,3)4)16-10(17)8-5-6-15-7-9(8)14/h5-7,11H,14H2,1-4H3,(H,16,17). The molecule has 0 aromatic carbocycles. The van der Waals surface area contributed by atoms with Crippen molar-refractivity contribution in [2.24, 2.45) is 10.8 Å². The lowest BCUT2D eigenvalue weighted by Gasteiger charge is -2.08. The first-order valence-electron chi connectivity index (χ1n) is 5.79. The van der Waals surface area contributed by atoms with Crippen LogP contribution in [0.3, 0.4) is 0 Å². The van der Waals surface area contributed by atoms with Crippen molar-refractivity contribution in [3.05, 3.63) is 24.0 Å². The Morgan fingerprint density at radius 3 is 2.41 bits per heavy atom. The third-order valence-corrected chi connectivity index (χ3v) is 4.39. The molecule has 4 heteroatoms. The van der Waals surface area contributed by atoms with E-state index < -0.39 is 0 Å².